The first-order chi connectivity index (χ1) is 10.0. The number of halogens is 1. The van der Waals surface area contributed by atoms with Gasteiger partial charge >= 0.3 is 0 Å². The van der Waals surface area contributed by atoms with Crippen LogP contribution < -0.4 is 10.1 Å². The minimum Gasteiger partial charge on any atom is -0.491 e. The smallest absolute Gasteiger partial charge is 0.123 e. The Morgan fingerprint density at radius 1 is 1.05 bits per heavy atom. The molecule has 0 heterocycles. The zero-order valence-electron chi connectivity index (χ0n) is 12.2. The van der Waals surface area contributed by atoms with E-state index in [2.05, 4.69) is 5.32 Å². The van der Waals surface area contributed by atoms with Crippen molar-refractivity contribution in [2.45, 2.75) is 26.1 Å². The van der Waals surface area contributed by atoms with E-state index in [-0.39, 0.29) is 11.9 Å². The molecule has 2 aromatic rings. The monoisotopic (exact) mass is 289 g/mol. The van der Waals surface area contributed by atoms with E-state index in [1.165, 1.54) is 12.1 Å². The van der Waals surface area contributed by atoms with Crippen molar-refractivity contribution in [3.63, 3.8) is 0 Å². The normalized spacial score (nSPS) is 12.2. The van der Waals surface area contributed by atoms with Crippen molar-refractivity contribution in [1.82, 2.24) is 0 Å². The molecule has 0 bridgehead atoms. The third-order valence-corrected chi connectivity index (χ3v) is 2.98. The largest absolute Gasteiger partial charge is 0.491 e. The molecule has 1 atom stereocenters. The summed E-state index contributed by atoms with van der Waals surface area (Å²) < 4.78 is 18.4. The minimum atomic E-state index is -0.683. The van der Waals surface area contributed by atoms with Gasteiger partial charge in [-0.2, -0.15) is 0 Å². The Morgan fingerprint density at radius 3 is 2.24 bits per heavy atom. The summed E-state index contributed by atoms with van der Waals surface area (Å²) in [5.74, 6) is 0.509. The van der Waals surface area contributed by atoms with Crippen LogP contribution in [0.5, 0.6) is 5.75 Å². The predicted molar refractivity (Wildman–Crippen MR) is 82.1 cm³/mol. The van der Waals surface area contributed by atoms with E-state index in [4.69, 9.17) is 4.74 Å². The maximum Gasteiger partial charge on any atom is 0.123 e. The third kappa shape index (κ3) is 4.76. The number of ether oxygens (including phenoxy) is 1. The molecule has 0 fully saturated rings. The van der Waals surface area contributed by atoms with Crippen LogP contribution in [0.1, 0.15) is 25.5 Å². The second-order valence-corrected chi connectivity index (χ2v) is 5.14. The number of hydrogen-bond donors (Lipinski definition) is 2. The van der Waals surface area contributed by atoms with Crippen molar-refractivity contribution in [3.05, 3.63) is 59.9 Å². The summed E-state index contributed by atoms with van der Waals surface area (Å²) in [6, 6.07) is 13.4. The van der Waals surface area contributed by atoms with Gasteiger partial charge in [0.2, 0.25) is 0 Å². The average molecular weight is 289 g/mol. The molecule has 0 spiro atoms. The van der Waals surface area contributed by atoms with Crippen molar-refractivity contribution in [2.24, 2.45) is 0 Å². The van der Waals surface area contributed by atoms with E-state index in [0.717, 1.165) is 11.4 Å². The molecule has 0 saturated heterocycles. The first kappa shape index (κ1) is 15.3. The van der Waals surface area contributed by atoms with Gasteiger partial charge in [-0.3, -0.25) is 0 Å². The van der Waals surface area contributed by atoms with Crippen LogP contribution >= 0.6 is 0 Å². The summed E-state index contributed by atoms with van der Waals surface area (Å²) in [6.07, 6.45) is -0.540. The highest BCUT2D eigenvalue weighted by Crippen LogP contribution is 2.19. The van der Waals surface area contributed by atoms with Gasteiger partial charge in [-0.15, -0.1) is 0 Å². The SMILES string of the molecule is CC(C)Oc1ccc(NCC(O)c2ccc(F)cc2)cc1. The summed E-state index contributed by atoms with van der Waals surface area (Å²) in [5, 5.41) is 13.2. The van der Waals surface area contributed by atoms with E-state index in [9.17, 15) is 9.50 Å². The van der Waals surface area contributed by atoms with E-state index >= 15 is 0 Å². The summed E-state index contributed by atoms with van der Waals surface area (Å²) in [6.45, 7) is 4.31. The van der Waals surface area contributed by atoms with E-state index in [1.807, 2.05) is 38.1 Å². The lowest BCUT2D eigenvalue weighted by atomic mass is 10.1. The van der Waals surface area contributed by atoms with E-state index in [1.54, 1.807) is 12.1 Å². The van der Waals surface area contributed by atoms with Crippen LogP contribution in [-0.2, 0) is 0 Å². The van der Waals surface area contributed by atoms with Gasteiger partial charge < -0.3 is 15.2 Å². The molecule has 2 rings (SSSR count). The lowest BCUT2D eigenvalue weighted by molar-refractivity contribution is 0.191. The molecule has 0 saturated carbocycles. The molecule has 112 valence electrons. The molecular formula is C17H20FNO2. The fourth-order valence-electron chi connectivity index (χ4n) is 1.94. The molecule has 0 amide bonds. The van der Waals surface area contributed by atoms with Crippen molar-refractivity contribution in [3.8, 4) is 5.75 Å². The van der Waals surface area contributed by atoms with Gasteiger partial charge in [-0.1, -0.05) is 12.1 Å². The zero-order valence-corrected chi connectivity index (χ0v) is 12.2. The molecule has 0 radical (unpaired) electrons. The molecule has 0 aliphatic rings. The Bertz CT molecular complexity index is 552. The van der Waals surface area contributed by atoms with Crippen LogP contribution in [0.3, 0.4) is 0 Å². The molecular weight excluding hydrogens is 269 g/mol. The van der Waals surface area contributed by atoms with Crippen molar-refractivity contribution in [2.75, 3.05) is 11.9 Å². The first-order valence-electron chi connectivity index (χ1n) is 6.98. The van der Waals surface area contributed by atoms with E-state index < -0.39 is 6.10 Å². The van der Waals surface area contributed by atoms with Gasteiger partial charge in [0, 0.05) is 12.2 Å². The van der Waals surface area contributed by atoms with Gasteiger partial charge in [-0.25, -0.2) is 4.39 Å². The van der Waals surface area contributed by atoms with Crippen molar-refractivity contribution in [1.29, 1.82) is 0 Å². The Labute approximate surface area is 124 Å². The quantitative estimate of drug-likeness (QED) is 0.851. The van der Waals surface area contributed by atoms with Crippen LogP contribution in [0.2, 0.25) is 0 Å². The summed E-state index contributed by atoms with van der Waals surface area (Å²) in [4.78, 5) is 0. The fraction of sp³-hybridized carbons (Fsp3) is 0.294. The second-order valence-electron chi connectivity index (χ2n) is 5.14. The number of anilines is 1. The molecule has 0 aliphatic heterocycles. The highest BCUT2D eigenvalue weighted by Gasteiger charge is 2.07. The number of aliphatic hydroxyl groups is 1. The standard InChI is InChI=1S/C17H20FNO2/c1-12(2)21-16-9-7-15(8-10-16)19-11-17(20)13-3-5-14(18)6-4-13/h3-10,12,17,19-20H,11H2,1-2H3. The molecule has 0 aromatic heterocycles. The number of aliphatic hydroxyl groups excluding tert-OH is 1. The van der Waals surface area contributed by atoms with Crippen LogP contribution in [0.15, 0.2) is 48.5 Å². The van der Waals surface area contributed by atoms with Crippen molar-refractivity contribution < 1.29 is 14.2 Å². The minimum absolute atomic E-state index is 0.143. The van der Waals surface area contributed by atoms with Crippen molar-refractivity contribution >= 4 is 5.69 Å². The number of hydrogen-bond acceptors (Lipinski definition) is 3. The molecule has 1 unspecified atom stereocenters. The molecule has 3 nitrogen and oxygen atoms in total. The number of nitrogens with one attached hydrogen (secondary N) is 1. The Morgan fingerprint density at radius 2 is 1.67 bits per heavy atom. The molecule has 2 N–H and O–H groups in total. The van der Waals surface area contributed by atoms with Crippen LogP contribution in [-0.4, -0.2) is 17.8 Å². The Kier molecular flexibility index (Phi) is 5.17. The topological polar surface area (TPSA) is 41.5 Å². The van der Waals surface area contributed by atoms with Crippen LogP contribution in [0.4, 0.5) is 10.1 Å². The van der Waals surface area contributed by atoms with Crippen LogP contribution in [0, 0.1) is 5.82 Å². The van der Waals surface area contributed by atoms with Gasteiger partial charge in [0.05, 0.1) is 12.2 Å². The van der Waals surface area contributed by atoms with Gasteiger partial charge in [0.15, 0.2) is 0 Å². The predicted octanol–water partition coefficient (Wildman–Crippen LogP) is 3.76. The zero-order chi connectivity index (χ0) is 15.2. The van der Waals surface area contributed by atoms with Gasteiger partial charge in [0.25, 0.3) is 0 Å². The molecule has 0 aliphatic carbocycles. The average Bonchev–Trinajstić information content (AvgIpc) is 2.46. The highest BCUT2D eigenvalue weighted by molar-refractivity contribution is 5.46. The second kappa shape index (κ2) is 7.09. The Balaban J connectivity index is 1.88. The lowest BCUT2D eigenvalue weighted by Gasteiger charge is -2.14. The molecule has 21 heavy (non-hydrogen) atoms. The van der Waals surface area contributed by atoms with Crippen LogP contribution in [0.25, 0.3) is 0 Å². The third-order valence-electron chi connectivity index (χ3n) is 2.98. The molecule has 4 heteroatoms. The lowest BCUT2D eigenvalue weighted by Crippen LogP contribution is -2.12. The van der Waals surface area contributed by atoms with Gasteiger partial charge in [-0.05, 0) is 55.8 Å². The van der Waals surface area contributed by atoms with Gasteiger partial charge in [0.1, 0.15) is 11.6 Å². The first-order valence-corrected chi connectivity index (χ1v) is 6.98. The fourth-order valence-corrected chi connectivity index (χ4v) is 1.94. The summed E-state index contributed by atoms with van der Waals surface area (Å²) in [7, 11) is 0. The number of rotatable bonds is 6. The number of benzene rings is 2. The summed E-state index contributed by atoms with van der Waals surface area (Å²) >= 11 is 0. The Hall–Kier alpha value is -2.07. The highest BCUT2D eigenvalue weighted by atomic mass is 19.1. The maximum atomic E-state index is 12.8. The maximum absolute atomic E-state index is 12.8. The van der Waals surface area contributed by atoms with E-state index in [0.29, 0.717) is 12.1 Å². The molecule has 2 aromatic carbocycles. The summed E-state index contributed by atoms with van der Waals surface area (Å²) in [5.41, 5.74) is 1.58.